The van der Waals surface area contributed by atoms with Crippen molar-refractivity contribution in [2.75, 3.05) is 13.1 Å². The summed E-state index contributed by atoms with van der Waals surface area (Å²) in [5.41, 5.74) is 2.14. The molecule has 1 aliphatic rings. The quantitative estimate of drug-likeness (QED) is 0.783. The number of nitrogens with zero attached hydrogens (tertiary/aromatic N) is 3. The summed E-state index contributed by atoms with van der Waals surface area (Å²) in [5.74, 6) is -1.53. The highest BCUT2D eigenvalue weighted by Crippen LogP contribution is 2.34. The minimum absolute atomic E-state index is 0.0162. The van der Waals surface area contributed by atoms with E-state index in [-0.39, 0.29) is 11.7 Å². The monoisotopic (exact) mass is 349 g/mol. The van der Waals surface area contributed by atoms with Crippen molar-refractivity contribution < 1.29 is 22.4 Å². The fourth-order valence-corrected chi connectivity index (χ4v) is 2.86. The first-order chi connectivity index (χ1) is 11.9. The van der Waals surface area contributed by atoms with Gasteiger partial charge < -0.3 is 9.32 Å². The number of hydrogen-bond acceptors (Lipinski definition) is 4. The van der Waals surface area contributed by atoms with E-state index in [1.807, 2.05) is 6.07 Å². The second-order valence-electron chi connectivity index (χ2n) is 5.76. The lowest BCUT2D eigenvalue weighted by atomic mass is 9.92. The smallest absolute Gasteiger partial charge is 0.413 e. The van der Waals surface area contributed by atoms with E-state index in [2.05, 4.69) is 10.2 Å². The fourth-order valence-electron chi connectivity index (χ4n) is 2.86. The number of carbonyl (C=O) groups is 1. The van der Waals surface area contributed by atoms with Crippen molar-refractivity contribution in [1.82, 2.24) is 15.1 Å². The third-order valence-electron chi connectivity index (χ3n) is 4.11. The number of carbonyl (C=O) groups excluding carboxylic acids is 1. The number of benzene rings is 1. The van der Waals surface area contributed by atoms with Gasteiger partial charge in [0.25, 0.3) is 0 Å². The second kappa shape index (κ2) is 6.74. The summed E-state index contributed by atoms with van der Waals surface area (Å²) in [6.45, 7) is 1.03. The lowest BCUT2D eigenvalue weighted by Crippen LogP contribution is -2.35. The average Bonchev–Trinajstić information content (AvgIpc) is 3.06. The van der Waals surface area contributed by atoms with Gasteiger partial charge in [0.15, 0.2) is 5.81 Å². The van der Waals surface area contributed by atoms with Crippen LogP contribution in [-0.2, 0) is 6.18 Å². The maximum Gasteiger partial charge on any atom is 0.470 e. The Kier molecular flexibility index (Phi) is 4.65. The van der Waals surface area contributed by atoms with Crippen LogP contribution < -0.4 is 0 Å². The van der Waals surface area contributed by atoms with Crippen LogP contribution in [0.4, 0.5) is 18.0 Å². The van der Waals surface area contributed by atoms with Crippen molar-refractivity contribution in [3.8, 4) is 0 Å². The van der Waals surface area contributed by atoms with E-state index >= 15 is 0 Å². The Balaban J connectivity index is 2.02. The zero-order valence-corrected chi connectivity index (χ0v) is 13.5. The molecule has 0 saturated carbocycles. The van der Waals surface area contributed by atoms with E-state index in [0.29, 0.717) is 37.1 Å². The number of rotatable bonds is 2. The van der Waals surface area contributed by atoms with E-state index in [1.165, 1.54) is 7.85 Å². The van der Waals surface area contributed by atoms with E-state index in [0.717, 1.165) is 5.57 Å². The summed E-state index contributed by atoms with van der Waals surface area (Å²) in [6, 6.07) is 8.98. The van der Waals surface area contributed by atoms with Gasteiger partial charge in [0.05, 0.1) is 0 Å². The van der Waals surface area contributed by atoms with Crippen molar-refractivity contribution in [3.05, 3.63) is 53.2 Å². The summed E-state index contributed by atoms with van der Waals surface area (Å²) in [6.07, 6.45) is -3.59. The molecule has 25 heavy (non-hydrogen) atoms. The van der Waals surface area contributed by atoms with Gasteiger partial charge in [-0.15, -0.1) is 10.2 Å². The highest BCUT2D eigenvalue weighted by molar-refractivity contribution is 6.56. The lowest BCUT2D eigenvalue weighted by molar-refractivity contribution is -0.157. The van der Waals surface area contributed by atoms with Crippen LogP contribution in [-0.4, -0.2) is 41.8 Å². The highest BCUT2D eigenvalue weighted by Gasteiger charge is 2.38. The minimum Gasteiger partial charge on any atom is -0.413 e. The molecule has 130 valence electrons. The van der Waals surface area contributed by atoms with Crippen LogP contribution >= 0.6 is 0 Å². The van der Waals surface area contributed by atoms with Crippen molar-refractivity contribution in [1.29, 1.82) is 0 Å². The summed E-state index contributed by atoms with van der Waals surface area (Å²) in [5, 5.41) is 6.75. The zero-order valence-electron chi connectivity index (χ0n) is 13.5. The minimum atomic E-state index is -4.68. The van der Waals surface area contributed by atoms with Crippen LogP contribution in [0, 0.1) is 0 Å². The topological polar surface area (TPSA) is 59.2 Å². The largest absolute Gasteiger partial charge is 0.470 e. The van der Waals surface area contributed by atoms with Crippen molar-refractivity contribution >= 4 is 19.2 Å². The van der Waals surface area contributed by atoms with Gasteiger partial charge in [-0.3, -0.25) is 4.79 Å². The molecule has 1 saturated heterocycles. The van der Waals surface area contributed by atoms with Gasteiger partial charge in [-0.1, -0.05) is 35.9 Å². The molecule has 0 bridgehead atoms. The van der Waals surface area contributed by atoms with Crippen LogP contribution in [0.1, 0.15) is 30.2 Å². The third kappa shape index (κ3) is 3.75. The Bertz CT molecular complexity index is 792. The number of likely N-dealkylation sites (tertiary alicyclic amines) is 1. The van der Waals surface area contributed by atoms with Gasteiger partial charge in [-0.05, 0) is 18.4 Å². The van der Waals surface area contributed by atoms with Crippen molar-refractivity contribution in [3.63, 3.8) is 0 Å². The average molecular weight is 349 g/mol. The molecule has 0 N–H and O–H groups in total. The number of halogens is 3. The van der Waals surface area contributed by atoms with Gasteiger partial charge >= 0.3 is 12.1 Å². The van der Waals surface area contributed by atoms with Crippen LogP contribution in [0.25, 0.3) is 5.57 Å². The molecule has 3 rings (SSSR count). The van der Waals surface area contributed by atoms with Crippen molar-refractivity contribution in [2.24, 2.45) is 0 Å². The Morgan fingerprint density at radius 3 is 2.28 bits per heavy atom. The summed E-state index contributed by atoms with van der Waals surface area (Å²) >= 11 is 0. The molecule has 2 heterocycles. The summed E-state index contributed by atoms with van der Waals surface area (Å²) in [4.78, 5) is 13.2. The molecule has 0 radical (unpaired) electrons. The SMILES string of the molecule is BC(=O)N1CCC(=C(c2ccccc2)c2nnc(C(F)(F)F)o2)CC1. The van der Waals surface area contributed by atoms with E-state index < -0.39 is 12.1 Å². The Labute approximate surface area is 142 Å². The Morgan fingerprint density at radius 2 is 1.76 bits per heavy atom. The van der Waals surface area contributed by atoms with E-state index in [4.69, 9.17) is 4.42 Å². The third-order valence-corrected chi connectivity index (χ3v) is 4.11. The number of amides is 1. The van der Waals surface area contributed by atoms with Gasteiger partial charge in [0.2, 0.25) is 13.7 Å². The van der Waals surface area contributed by atoms with Crippen LogP contribution in [0.3, 0.4) is 0 Å². The number of alkyl halides is 3. The molecule has 1 amide bonds. The predicted octanol–water partition coefficient (Wildman–Crippen LogP) is 2.74. The summed E-state index contributed by atoms with van der Waals surface area (Å²) in [7, 11) is 1.50. The van der Waals surface area contributed by atoms with Gasteiger partial charge in [0.1, 0.15) is 0 Å². The predicted molar refractivity (Wildman–Crippen MR) is 86.5 cm³/mol. The van der Waals surface area contributed by atoms with E-state index in [1.54, 1.807) is 29.2 Å². The molecular weight excluding hydrogens is 334 g/mol. The molecule has 1 aromatic carbocycles. The number of aromatic nitrogens is 2. The molecule has 5 nitrogen and oxygen atoms in total. The highest BCUT2D eigenvalue weighted by atomic mass is 19.4. The fraction of sp³-hybridized carbons (Fsp3) is 0.312. The van der Waals surface area contributed by atoms with Crippen LogP contribution in [0.5, 0.6) is 0 Å². The normalized spacial score (nSPS) is 15.3. The first kappa shape index (κ1) is 17.3. The van der Waals surface area contributed by atoms with Crippen LogP contribution in [0.15, 0.2) is 40.3 Å². The molecule has 2 aromatic rings. The summed E-state index contributed by atoms with van der Waals surface area (Å²) < 4.78 is 43.3. The number of hydrogen-bond donors (Lipinski definition) is 0. The lowest BCUT2D eigenvalue weighted by Gasteiger charge is -2.29. The van der Waals surface area contributed by atoms with Gasteiger partial charge in [0, 0.05) is 18.7 Å². The van der Waals surface area contributed by atoms with Crippen LogP contribution in [0.2, 0.25) is 0 Å². The van der Waals surface area contributed by atoms with Gasteiger partial charge in [-0.25, -0.2) is 0 Å². The molecule has 1 aliphatic heterocycles. The molecule has 0 unspecified atom stereocenters. The molecule has 1 fully saturated rings. The number of piperidine rings is 1. The maximum atomic E-state index is 12.8. The maximum absolute atomic E-state index is 12.8. The Hall–Kier alpha value is -2.58. The molecule has 1 aromatic heterocycles. The van der Waals surface area contributed by atoms with E-state index in [9.17, 15) is 18.0 Å². The second-order valence-corrected chi connectivity index (χ2v) is 5.76. The molecule has 0 aliphatic carbocycles. The first-order valence-corrected chi connectivity index (χ1v) is 7.80. The van der Waals surface area contributed by atoms with Gasteiger partial charge in [-0.2, -0.15) is 13.2 Å². The standard InChI is InChI=1S/C16H15BF3N3O2/c17-15(24)23-8-6-11(7-9-23)12(10-4-2-1-3-5-10)13-21-22-14(25-13)16(18,19)20/h1-5H,6-9,17H2. The van der Waals surface area contributed by atoms with Crippen molar-refractivity contribution in [2.45, 2.75) is 19.0 Å². The first-order valence-electron chi connectivity index (χ1n) is 7.80. The zero-order chi connectivity index (χ0) is 18.0. The molecule has 9 heteroatoms. The molecule has 0 atom stereocenters. The Morgan fingerprint density at radius 1 is 1.12 bits per heavy atom. The molecular formula is C16H15BF3N3O2. The molecule has 0 spiro atoms.